The number of hydrogen-bond donors (Lipinski definition) is 3. The molecule has 3 unspecified atom stereocenters. The van der Waals surface area contributed by atoms with Crippen LogP contribution in [-0.4, -0.2) is 96.7 Å². The van der Waals surface area contributed by atoms with Gasteiger partial charge in [0.15, 0.2) is 12.2 Å². The molecule has 0 aliphatic rings. The number of aliphatic hydroxyl groups is 1. The second-order valence-electron chi connectivity index (χ2n) is 28.6. The van der Waals surface area contributed by atoms with Crippen molar-refractivity contribution in [2.45, 2.75) is 407 Å². The Balaban J connectivity index is 5.24. The maximum absolute atomic E-state index is 13.1. The normalized spacial score (nSPS) is 14.4. The monoisotopic (exact) mass is 1400 g/mol. The quantitative estimate of drug-likeness (QED) is 0.0222. The third kappa shape index (κ3) is 69.0. The van der Waals surface area contributed by atoms with Gasteiger partial charge in [0, 0.05) is 25.7 Å². The number of unbranched alkanes of at least 4 members (excludes halogenated alkanes) is 41. The van der Waals surface area contributed by atoms with Crippen LogP contribution < -0.4 is 0 Å². The minimum atomic E-state index is -4.96. The molecule has 564 valence electrons. The van der Waals surface area contributed by atoms with Crippen molar-refractivity contribution < 1.29 is 80.2 Å². The molecule has 0 bridgehead atoms. The summed E-state index contributed by atoms with van der Waals surface area (Å²) in [5.74, 6) is 0.145. The molecule has 0 heterocycles. The lowest BCUT2D eigenvalue weighted by atomic mass is 9.99. The van der Waals surface area contributed by atoms with Crippen molar-refractivity contribution in [2.24, 2.45) is 17.8 Å². The number of aliphatic hydroxyl groups excluding tert-OH is 1. The number of phosphoric acid groups is 2. The molecule has 3 N–H and O–H groups in total. The number of carbonyl (C=O) groups excluding carboxylic acids is 4. The number of carbonyl (C=O) groups is 4. The molecule has 0 aromatic carbocycles. The van der Waals surface area contributed by atoms with Crippen molar-refractivity contribution in [1.29, 1.82) is 0 Å². The Morgan fingerprint density at radius 1 is 0.305 bits per heavy atom. The number of phosphoric ester groups is 2. The summed E-state index contributed by atoms with van der Waals surface area (Å²) in [7, 11) is -9.91. The van der Waals surface area contributed by atoms with E-state index in [4.69, 9.17) is 37.0 Å². The molecular weight excluding hydrogens is 1250 g/mol. The van der Waals surface area contributed by atoms with E-state index in [1.165, 1.54) is 193 Å². The van der Waals surface area contributed by atoms with Crippen molar-refractivity contribution in [3.8, 4) is 0 Å². The average molecular weight is 1400 g/mol. The highest BCUT2D eigenvalue weighted by Crippen LogP contribution is 2.45. The molecule has 0 spiro atoms. The van der Waals surface area contributed by atoms with Crippen LogP contribution >= 0.6 is 15.6 Å². The number of hydrogen-bond acceptors (Lipinski definition) is 15. The second kappa shape index (κ2) is 66.6. The van der Waals surface area contributed by atoms with Gasteiger partial charge in [0.2, 0.25) is 0 Å². The molecular formula is C76H148O17P2. The molecule has 19 heteroatoms. The summed E-state index contributed by atoms with van der Waals surface area (Å²) in [5, 5.41) is 10.6. The molecule has 0 rings (SSSR count). The van der Waals surface area contributed by atoms with Gasteiger partial charge >= 0.3 is 39.5 Å². The highest BCUT2D eigenvalue weighted by Gasteiger charge is 2.30. The maximum atomic E-state index is 13.1. The Kier molecular flexibility index (Phi) is 65.2. The fraction of sp³-hybridized carbons (Fsp3) is 0.947. The zero-order valence-corrected chi connectivity index (χ0v) is 63.9. The molecule has 0 aliphatic carbocycles. The number of esters is 4. The summed E-state index contributed by atoms with van der Waals surface area (Å²) >= 11 is 0. The van der Waals surface area contributed by atoms with Crippen molar-refractivity contribution in [3.63, 3.8) is 0 Å². The smallest absolute Gasteiger partial charge is 0.462 e. The van der Waals surface area contributed by atoms with Gasteiger partial charge in [-0.2, -0.15) is 0 Å². The molecule has 0 aliphatic heterocycles. The SMILES string of the molecule is CCCCCCCCCCCCCCCCCCCC(=O)O[C@H](COC(=O)CCCCCCCCCCCCCCC(C)C)COP(=O)(O)OC[C@@H](O)COP(=O)(O)OC[C@@H](COC(=O)CCCCCCCCC(C)C)OC(=O)CCCCCCCCCCCCC(C)CC. The minimum absolute atomic E-state index is 0.105. The van der Waals surface area contributed by atoms with Gasteiger partial charge < -0.3 is 33.8 Å². The van der Waals surface area contributed by atoms with Gasteiger partial charge in [-0.05, 0) is 43.4 Å². The zero-order chi connectivity index (χ0) is 70.1. The van der Waals surface area contributed by atoms with Crippen LogP contribution in [0.15, 0.2) is 0 Å². The first-order valence-electron chi connectivity index (χ1n) is 39.4. The highest BCUT2D eigenvalue weighted by atomic mass is 31.2. The number of rotatable bonds is 74. The lowest BCUT2D eigenvalue weighted by Crippen LogP contribution is -2.30. The van der Waals surface area contributed by atoms with Gasteiger partial charge in [-0.15, -0.1) is 0 Å². The molecule has 6 atom stereocenters. The van der Waals surface area contributed by atoms with E-state index in [9.17, 15) is 43.2 Å². The number of ether oxygens (including phenoxy) is 4. The van der Waals surface area contributed by atoms with Gasteiger partial charge in [-0.3, -0.25) is 37.3 Å². The van der Waals surface area contributed by atoms with Gasteiger partial charge in [-0.25, -0.2) is 9.13 Å². The standard InChI is InChI=1S/C76H148O17P2/c1-8-10-11-12-13-14-15-16-17-18-19-20-25-31-36-45-52-59-75(80)92-71(63-86-73(78)57-50-43-35-30-24-22-21-23-28-33-40-47-54-67(3)4)65-90-94(82,83)88-61-70(77)62-89-95(84,85)91-66-72(64-87-74(79)58-51-44-39-38-41-48-55-68(5)6)93-76(81)60-53-46-37-32-27-26-29-34-42-49-56-69(7)9-2/h67-72,77H,8-66H2,1-7H3,(H,82,83)(H,84,85)/t69?,70-,71-,72-/m1/s1. The Morgan fingerprint density at radius 2 is 0.537 bits per heavy atom. The minimum Gasteiger partial charge on any atom is -0.462 e. The molecule has 17 nitrogen and oxygen atoms in total. The molecule has 0 saturated carbocycles. The van der Waals surface area contributed by atoms with Crippen LogP contribution in [0.25, 0.3) is 0 Å². The second-order valence-corrected chi connectivity index (χ2v) is 31.5. The van der Waals surface area contributed by atoms with Gasteiger partial charge in [0.05, 0.1) is 26.4 Å². The van der Waals surface area contributed by atoms with E-state index >= 15 is 0 Å². The van der Waals surface area contributed by atoms with Crippen molar-refractivity contribution in [1.82, 2.24) is 0 Å². The first-order valence-corrected chi connectivity index (χ1v) is 42.4. The summed E-state index contributed by atoms with van der Waals surface area (Å²) < 4.78 is 68.5. The fourth-order valence-electron chi connectivity index (χ4n) is 11.6. The molecule has 0 aromatic rings. The summed E-state index contributed by atoms with van der Waals surface area (Å²) in [6.45, 7) is 11.9. The van der Waals surface area contributed by atoms with Crippen LogP contribution in [0.4, 0.5) is 0 Å². The van der Waals surface area contributed by atoms with E-state index in [1.54, 1.807) is 0 Å². The predicted octanol–water partition coefficient (Wildman–Crippen LogP) is 22.2. The molecule has 0 fully saturated rings. The lowest BCUT2D eigenvalue weighted by Gasteiger charge is -2.21. The highest BCUT2D eigenvalue weighted by molar-refractivity contribution is 7.47. The van der Waals surface area contributed by atoms with Crippen LogP contribution in [0.2, 0.25) is 0 Å². The van der Waals surface area contributed by atoms with Gasteiger partial charge in [0.1, 0.15) is 19.3 Å². The third-order valence-electron chi connectivity index (χ3n) is 18.0. The van der Waals surface area contributed by atoms with E-state index in [0.717, 1.165) is 108 Å². The van der Waals surface area contributed by atoms with Crippen LogP contribution in [0.1, 0.15) is 389 Å². The summed E-state index contributed by atoms with van der Waals surface area (Å²) in [6, 6.07) is 0. The van der Waals surface area contributed by atoms with Crippen LogP contribution in [-0.2, 0) is 65.4 Å². The first-order chi connectivity index (χ1) is 45.8. The van der Waals surface area contributed by atoms with E-state index in [2.05, 4.69) is 48.5 Å². The Morgan fingerprint density at radius 3 is 0.800 bits per heavy atom. The molecule has 0 radical (unpaired) electrons. The average Bonchev–Trinajstić information content (AvgIpc) is 2.02. The lowest BCUT2D eigenvalue weighted by molar-refractivity contribution is -0.161. The van der Waals surface area contributed by atoms with E-state index in [-0.39, 0.29) is 25.7 Å². The molecule has 0 saturated heterocycles. The zero-order valence-electron chi connectivity index (χ0n) is 62.1. The molecule has 0 aromatic heterocycles. The largest absolute Gasteiger partial charge is 0.472 e. The van der Waals surface area contributed by atoms with Crippen LogP contribution in [0.5, 0.6) is 0 Å². The summed E-state index contributed by atoms with van der Waals surface area (Å²) in [5.41, 5.74) is 0. The van der Waals surface area contributed by atoms with Crippen LogP contribution in [0, 0.1) is 17.8 Å². The van der Waals surface area contributed by atoms with Crippen molar-refractivity contribution in [3.05, 3.63) is 0 Å². The topological polar surface area (TPSA) is 237 Å². The Labute approximate surface area is 581 Å². The molecule has 95 heavy (non-hydrogen) atoms. The Hall–Kier alpha value is -1.94. The maximum Gasteiger partial charge on any atom is 0.472 e. The third-order valence-corrected chi connectivity index (χ3v) is 19.9. The van der Waals surface area contributed by atoms with E-state index in [1.807, 2.05) is 0 Å². The van der Waals surface area contributed by atoms with E-state index in [0.29, 0.717) is 31.6 Å². The van der Waals surface area contributed by atoms with Gasteiger partial charge in [-0.1, -0.05) is 337 Å². The Bertz CT molecular complexity index is 1850. The van der Waals surface area contributed by atoms with Gasteiger partial charge in [0.25, 0.3) is 0 Å². The predicted molar refractivity (Wildman–Crippen MR) is 386 cm³/mol. The van der Waals surface area contributed by atoms with Crippen molar-refractivity contribution in [2.75, 3.05) is 39.6 Å². The van der Waals surface area contributed by atoms with E-state index < -0.39 is 97.5 Å². The fourth-order valence-corrected chi connectivity index (χ4v) is 13.1. The van der Waals surface area contributed by atoms with Crippen molar-refractivity contribution >= 4 is 39.5 Å². The summed E-state index contributed by atoms with van der Waals surface area (Å²) in [4.78, 5) is 72.8. The first kappa shape index (κ1) is 93.1. The molecule has 0 amide bonds. The van der Waals surface area contributed by atoms with Crippen LogP contribution in [0.3, 0.4) is 0 Å². The summed E-state index contributed by atoms with van der Waals surface area (Å²) in [6.07, 6.45) is 52.8.